The van der Waals surface area contributed by atoms with Gasteiger partial charge in [-0.3, -0.25) is 4.79 Å². The molecule has 1 N–H and O–H groups in total. The monoisotopic (exact) mass is 416 g/mol. The summed E-state index contributed by atoms with van der Waals surface area (Å²) in [6, 6.07) is 0. The molecule has 166 valence electrons. The van der Waals surface area contributed by atoms with E-state index >= 15 is 0 Å². The number of rotatable bonds is 5. The van der Waals surface area contributed by atoms with E-state index in [0.717, 1.165) is 49.9 Å². The van der Waals surface area contributed by atoms with Gasteiger partial charge in [-0.15, -0.1) is 10.2 Å². The summed E-state index contributed by atoms with van der Waals surface area (Å²) in [6.07, 6.45) is 11.4. The number of ketones is 1. The normalized spacial score (nSPS) is 45.4. The van der Waals surface area contributed by atoms with Gasteiger partial charge in [-0.2, -0.15) is 4.80 Å². The Bertz CT molecular complexity index is 771. The number of tetrazole rings is 1. The van der Waals surface area contributed by atoms with Crippen LogP contribution in [0.15, 0.2) is 6.33 Å². The zero-order chi connectivity index (χ0) is 20.9. The Morgan fingerprint density at radius 1 is 1.13 bits per heavy atom. The van der Waals surface area contributed by atoms with Gasteiger partial charge in [0.25, 0.3) is 0 Å². The smallest absolute Gasteiger partial charge is 0.162 e. The lowest BCUT2D eigenvalue weighted by Crippen LogP contribution is -2.52. The van der Waals surface area contributed by atoms with Gasteiger partial charge in [0.2, 0.25) is 0 Å². The Labute approximate surface area is 178 Å². The van der Waals surface area contributed by atoms with Crippen LogP contribution in [0.4, 0.5) is 0 Å². The Morgan fingerprint density at radius 2 is 1.97 bits per heavy atom. The van der Waals surface area contributed by atoms with Crippen molar-refractivity contribution in [2.45, 2.75) is 76.9 Å². The average Bonchev–Trinajstić information content (AvgIpc) is 3.34. The summed E-state index contributed by atoms with van der Waals surface area (Å²) in [5.74, 6) is 3.99. The Morgan fingerprint density at radius 3 is 2.73 bits per heavy atom. The molecule has 0 aliphatic heterocycles. The first-order valence-corrected chi connectivity index (χ1v) is 11.9. The third-order valence-corrected chi connectivity index (χ3v) is 9.59. The molecule has 7 heteroatoms. The molecule has 0 radical (unpaired) electrons. The van der Waals surface area contributed by atoms with Gasteiger partial charge in [-0.1, -0.05) is 6.92 Å². The van der Waals surface area contributed by atoms with E-state index in [9.17, 15) is 9.90 Å². The molecule has 30 heavy (non-hydrogen) atoms. The van der Waals surface area contributed by atoms with Crippen molar-refractivity contribution >= 4 is 5.78 Å². The van der Waals surface area contributed by atoms with Crippen LogP contribution in [0.2, 0.25) is 0 Å². The topological polar surface area (TPSA) is 90.1 Å². The van der Waals surface area contributed by atoms with E-state index in [1.807, 2.05) is 0 Å². The van der Waals surface area contributed by atoms with E-state index in [1.165, 1.54) is 36.8 Å². The second-order valence-electron chi connectivity index (χ2n) is 10.9. The molecule has 0 aromatic carbocycles. The van der Waals surface area contributed by atoms with Crippen molar-refractivity contribution in [1.82, 2.24) is 20.2 Å². The Balaban J connectivity index is 1.29. The van der Waals surface area contributed by atoms with Gasteiger partial charge in [0.1, 0.15) is 6.54 Å². The third kappa shape index (κ3) is 3.32. The van der Waals surface area contributed by atoms with Crippen LogP contribution in [-0.4, -0.2) is 50.4 Å². The minimum Gasteiger partial charge on any atom is -0.387 e. The maximum Gasteiger partial charge on any atom is 0.162 e. The number of methoxy groups -OCH3 is 1. The second-order valence-corrected chi connectivity index (χ2v) is 10.9. The van der Waals surface area contributed by atoms with Gasteiger partial charge >= 0.3 is 0 Å². The van der Waals surface area contributed by atoms with Gasteiger partial charge in [-0.05, 0) is 98.0 Å². The molecule has 8 atom stereocenters. The Hall–Kier alpha value is -1.34. The lowest BCUT2D eigenvalue weighted by molar-refractivity contribution is -0.137. The number of hydrogen-bond acceptors (Lipinski definition) is 6. The van der Waals surface area contributed by atoms with Crippen molar-refractivity contribution in [2.75, 3.05) is 13.7 Å². The van der Waals surface area contributed by atoms with Crippen LogP contribution in [0.5, 0.6) is 0 Å². The van der Waals surface area contributed by atoms with Crippen molar-refractivity contribution in [3.63, 3.8) is 0 Å². The highest BCUT2D eigenvalue weighted by molar-refractivity contribution is 5.81. The highest BCUT2D eigenvalue weighted by Crippen LogP contribution is 2.64. The van der Waals surface area contributed by atoms with Crippen LogP contribution in [0.3, 0.4) is 0 Å². The first-order valence-electron chi connectivity index (χ1n) is 11.9. The standard InChI is InChI=1S/C23H36N4O3/c1-22-9-7-17-16-8-10-23(29,13-30-2)11-15(16)3-4-18(17)19(22)5-6-20(22)21(28)12-27-25-14-24-26-27/h14-20,29H,3-13H2,1-2H3. The molecule has 0 amide bonds. The molecule has 4 aliphatic rings. The molecule has 1 aromatic rings. The largest absolute Gasteiger partial charge is 0.387 e. The maximum absolute atomic E-state index is 13.1. The molecule has 1 aromatic heterocycles. The number of aromatic nitrogens is 4. The van der Waals surface area contributed by atoms with E-state index in [4.69, 9.17) is 4.74 Å². The van der Waals surface area contributed by atoms with E-state index in [1.54, 1.807) is 7.11 Å². The zero-order valence-electron chi connectivity index (χ0n) is 18.4. The van der Waals surface area contributed by atoms with Crippen molar-refractivity contribution in [3.8, 4) is 0 Å². The summed E-state index contributed by atoms with van der Waals surface area (Å²) in [7, 11) is 1.69. The van der Waals surface area contributed by atoms with E-state index < -0.39 is 5.60 Å². The molecule has 0 spiro atoms. The van der Waals surface area contributed by atoms with E-state index in [2.05, 4.69) is 22.3 Å². The fourth-order valence-electron chi connectivity index (χ4n) is 8.40. The number of carbonyl (C=O) groups excluding carboxylic acids is 1. The summed E-state index contributed by atoms with van der Waals surface area (Å²) in [6.45, 7) is 3.11. The van der Waals surface area contributed by atoms with E-state index in [0.29, 0.717) is 18.4 Å². The quantitative estimate of drug-likeness (QED) is 0.794. The number of ether oxygens (including phenoxy) is 1. The number of aliphatic hydroxyl groups is 1. The summed E-state index contributed by atoms with van der Waals surface area (Å²) in [5, 5.41) is 22.6. The summed E-state index contributed by atoms with van der Waals surface area (Å²) in [4.78, 5) is 14.6. The zero-order valence-corrected chi connectivity index (χ0v) is 18.4. The van der Waals surface area contributed by atoms with Crippen LogP contribution in [-0.2, 0) is 16.1 Å². The SMILES string of the molecule is COCC1(O)CCC2C(CCC3C2CCC2(C)C(C(=O)Cn4ncnn4)CCC32)C1. The highest BCUT2D eigenvalue weighted by Gasteiger charge is 2.59. The van der Waals surface area contributed by atoms with Gasteiger partial charge in [0.15, 0.2) is 12.1 Å². The first-order chi connectivity index (χ1) is 14.4. The van der Waals surface area contributed by atoms with Gasteiger partial charge in [0, 0.05) is 13.0 Å². The lowest BCUT2D eigenvalue weighted by Gasteiger charge is -2.57. The fraction of sp³-hybridized carbons (Fsp3) is 0.913. The summed E-state index contributed by atoms with van der Waals surface area (Å²) < 4.78 is 5.32. The molecule has 0 bridgehead atoms. The number of hydrogen-bond donors (Lipinski definition) is 1. The third-order valence-electron chi connectivity index (χ3n) is 9.59. The fourth-order valence-corrected chi connectivity index (χ4v) is 8.40. The molecule has 7 nitrogen and oxygen atoms in total. The molecule has 5 rings (SSSR count). The van der Waals surface area contributed by atoms with Crippen molar-refractivity contribution < 1.29 is 14.6 Å². The molecular weight excluding hydrogens is 380 g/mol. The van der Waals surface area contributed by atoms with Crippen LogP contribution in [0.1, 0.15) is 64.7 Å². The molecule has 4 saturated carbocycles. The summed E-state index contributed by atoms with van der Waals surface area (Å²) >= 11 is 0. The van der Waals surface area contributed by atoms with Crippen molar-refractivity contribution in [2.24, 2.45) is 40.9 Å². The number of Topliss-reactive ketones (excluding diaryl/α,β-unsaturated/α-hetero) is 1. The van der Waals surface area contributed by atoms with Crippen LogP contribution < -0.4 is 0 Å². The predicted molar refractivity (Wildman–Crippen MR) is 110 cm³/mol. The minimum atomic E-state index is -0.619. The van der Waals surface area contributed by atoms with Crippen molar-refractivity contribution in [3.05, 3.63) is 6.33 Å². The van der Waals surface area contributed by atoms with Crippen LogP contribution in [0.25, 0.3) is 0 Å². The first kappa shape index (κ1) is 20.6. The maximum atomic E-state index is 13.1. The van der Waals surface area contributed by atoms with E-state index in [-0.39, 0.29) is 23.7 Å². The molecule has 0 saturated heterocycles. The lowest BCUT2D eigenvalue weighted by atomic mass is 9.49. The van der Waals surface area contributed by atoms with Gasteiger partial charge in [-0.25, -0.2) is 0 Å². The Kier molecular flexibility index (Phi) is 5.25. The van der Waals surface area contributed by atoms with Crippen LogP contribution in [0, 0.1) is 40.9 Å². The second kappa shape index (κ2) is 7.66. The van der Waals surface area contributed by atoms with Crippen molar-refractivity contribution in [1.29, 1.82) is 0 Å². The van der Waals surface area contributed by atoms with Gasteiger partial charge in [0.05, 0.1) is 12.2 Å². The number of nitrogens with zero attached hydrogens (tertiary/aromatic N) is 4. The van der Waals surface area contributed by atoms with Gasteiger partial charge < -0.3 is 9.84 Å². The highest BCUT2D eigenvalue weighted by atomic mass is 16.5. The average molecular weight is 417 g/mol. The number of fused-ring (bicyclic) bond motifs is 5. The molecular formula is C23H36N4O3. The molecule has 4 fully saturated rings. The molecule has 4 aliphatic carbocycles. The summed E-state index contributed by atoms with van der Waals surface area (Å²) in [5.41, 5.74) is -0.497. The minimum absolute atomic E-state index is 0.122. The number of carbonyl (C=O) groups is 1. The predicted octanol–water partition coefficient (Wildman–Crippen LogP) is 2.89. The molecule has 8 unspecified atom stereocenters. The van der Waals surface area contributed by atoms with Crippen LogP contribution >= 0.6 is 0 Å². The molecule has 1 heterocycles.